The standard InChI is InChI=1S/C10H21NO3/c1-4-10(2,6-7-12)11-9(13)5-8-14-3/h12H,4-8H2,1-3H3,(H,11,13). The van der Waals surface area contributed by atoms with Crippen LogP contribution in [0.5, 0.6) is 0 Å². The third-order valence-corrected chi connectivity index (χ3v) is 2.42. The molecular weight excluding hydrogens is 182 g/mol. The molecule has 0 aliphatic carbocycles. The van der Waals surface area contributed by atoms with Crippen molar-refractivity contribution in [1.82, 2.24) is 5.32 Å². The van der Waals surface area contributed by atoms with E-state index in [0.717, 1.165) is 6.42 Å². The van der Waals surface area contributed by atoms with E-state index in [1.165, 1.54) is 0 Å². The number of hydrogen-bond donors (Lipinski definition) is 2. The third kappa shape index (κ3) is 5.19. The van der Waals surface area contributed by atoms with Crippen molar-refractivity contribution in [2.75, 3.05) is 20.3 Å². The molecule has 0 heterocycles. The summed E-state index contributed by atoms with van der Waals surface area (Å²) in [5.74, 6) is -0.0235. The molecule has 0 bridgehead atoms. The van der Waals surface area contributed by atoms with Gasteiger partial charge in [-0.05, 0) is 19.8 Å². The second kappa shape index (κ2) is 6.79. The van der Waals surface area contributed by atoms with Crippen LogP contribution in [0.1, 0.15) is 33.1 Å². The first-order chi connectivity index (χ1) is 6.58. The molecule has 0 aliphatic rings. The Morgan fingerprint density at radius 3 is 2.64 bits per heavy atom. The third-order valence-electron chi connectivity index (χ3n) is 2.42. The molecule has 0 aliphatic heterocycles. The molecule has 1 amide bonds. The average Bonchev–Trinajstić information content (AvgIpc) is 2.15. The van der Waals surface area contributed by atoms with Gasteiger partial charge in [0.05, 0.1) is 6.61 Å². The van der Waals surface area contributed by atoms with Crippen molar-refractivity contribution in [3.8, 4) is 0 Å². The largest absolute Gasteiger partial charge is 0.396 e. The number of aliphatic hydroxyl groups is 1. The van der Waals surface area contributed by atoms with E-state index in [9.17, 15) is 4.79 Å². The van der Waals surface area contributed by atoms with Crippen LogP contribution in [0, 0.1) is 0 Å². The topological polar surface area (TPSA) is 58.6 Å². The van der Waals surface area contributed by atoms with Crippen LogP contribution in [0.15, 0.2) is 0 Å². The lowest BCUT2D eigenvalue weighted by atomic mass is 9.95. The van der Waals surface area contributed by atoms with Crippen LogP contribution in [0.25, 0.3) is 0 Å². The summed E-state index contributed by atoms with van der Waals surface area (Å²) in [5, 5.41) is 11.7. The van der Waals surface area contributed by atoms with Gasteiger partial charge in [0.2, 0.25) is 5.91 Å². The molecule has 2 N–H and O–H groups in total. The van der Waals surface area contributed by atoms with E-state index in [0.29, 0.717) is 19.4 Å². The number of hydrogen-bond acceptors (Lipinski definition) is 3. The number of amides is 1. The van der Waals surface area contributed by atoms with Crippen molar-refractivity contribution in [1.29, 1.82) is 0 Å². The van der Waals surface area contributed by atoms with Gasteiger partial charge in [-0.25, -0.2) is 0 Å². The van der Waals surface area contributed by atoms with E-state index in [1.54, 1.807) is 7.11 Å². The average molecular weight is 203 g/mol. The van der Waals surface area contributed by atoms with Gasteiger partial charge in [0.1, 0.15) is 0 Å². The van der Waals surface area contributed by atoms with Gasteiger partial charge < -0.3 is 15.2 Å². The Kier molecular flexibility index (Phi) is 6.49. The van der Waals surface area contributed by atoms with Gasteiger partial charge in [0, 0.05) is 25.7 Å². The van der Waals surface area contributed by atoms with Crippen LogP contribution < -0.4 is 5.32 Å². The summed E-state index contributed by atoms with van der Waals surface area (Å²) in [6, 6.07) is 0. The molecule has 0 radical (unpaired) electrons. The number of ether oxygens (including phenoxy) is 1. The fourth-order valence-corrected chi connectivity index (χ4v) is 1.17. The lowest BCUT2D eigenvalue weighted by Crippen LogP contribution is -2.46. The first-order valence-corrected chi connectivity index (χ1v) is 4.99. The predicted octanol–water partition coefficient (Wildman–Crippen LogP) is 0.690. The van der Waals surface area contributed by atoms with Gasteiger partial charge in [-0.3, -0.25) is 4.79 Å². The minimum atomic E-state index is -0.292. The van der Waals surface area contributed by atoms with Crippen molar-refractivity contribution in [3.63, 3.8) is 0 Å². The maximum absolute atomic E-state index is 11.4. The van der Waals surface area contributed by atoms with E-state index >= 15 is 0 Å². The Morgan fingerprint density at radius 1 is 1.57 bits per heavy atom. The molecule has 0 aromatic carbocycles. The second-order valence-corrected chi connectivity index (χ2v) is 3.68. The molecule has 0 fully saturated rings. The summed E-state index contributed by atoms with van der Waals surface area (Å²) in [6.45, 7) is 4.46. The van der Waals surface area contributed by atoms with Crippen molar-refractivity contribution >= 4 is 5.91 Å². The summed E-state index contributed by atoms with van der Waals surface area (Å²) in [6.07, 6.45) is 1.77. The number of nitrogens with one attached hydrogen (secondary N) is 1. The number of methoxy groups -OCH3 is 1. The minimum absolute atomic E-state index is 0.0235. The van der Waals surface area contributed by atoms with Crippen LogP contribution in [0.3, 0.4) is 0 Å². The van der Waals surface area contributed by atoms with Gasteiger partial charge in [-0.1, -0.05) is 6.92 Å². The van der Waals surface area contributed by atoms with Gasteiger partial charge >= 0.3 is 0 Å². The van der Waals surface area contributed by atoms with Crippen LogP contribution in [-0.2, 0) is 9.53 Å². The monoisotopic (exact) mass is 203 g/mol. The molecular formula is C10H21NO3. The Balaban J connectivity index is 3.96. The molecule has 1 unspecified atom stereocenters. The van der Waals surface area contributed by atoms with E-state index < -0.39 is 0 Å². The molecule has 0 saturated carbocycles. The van der Waals surface area contributed by atoms with Gasteiger partial charge in [-0.15, -0.1) is 0 Å². The molecule has 0 rings (SSSR count). The van der Waals surface area contributed by atoms with E-state index in [1.807, 2.05) is 13.8 Å². The number of carbonyl (C=O) groups excluding carboxylic acids is 1. The molecule has 0 saturated heterocycles. The first kappa shape index (κ1) is 13.4. The number of rotatable bonds is 7. The van der Waals surface area contributed by atoms with Gasteiger partial charge in [-0.2, -0.15) is 0 Å². The zero-order chi connectivity index (χ0) is 11.0. The highest BCUT2D eigenvalue weighted by Crippen LogP contribution is 2.13. The van der Waals surface area contributed by atoms with Crippen molar-refractivity contribution in [2.24, 2.45) is 0 Å². The second-order valence-electron chi connectivity index (χ2n) is 3.68. The maximum Gasteiger partial charge on any atom is 0.222 e. The van der Waals surface area contributed by atoms with Gasteiger partial charge in [0.15, 0.2) is 0 Å². The normalized spacial score (nSPS) is 14.9. The summed E-state index contributed by atoms with van der Waals surface area (Å²) in [5.41, 5.74) is -0.292. The maximum atomic E-state index is 11.4. The molecule has 84 valence electrons. The van der Waals surface area contributed by atoms with Crippen molar-refractivity contribution < 1.29 is 14.6 Å². The van der Waals surface area contributed by atoms with Crippen molar-refractivity contribution in [2.45, 2.75) is 38.6 Å². The smallest absolute Gasteiger partial charge is 0.222 e. The summed E-state index contributed by atoms with van der Waals surface area (Å²) < 4.78 is 4.81. The molecule has 4 heteroatoms. The highest BCUT2D eigenvalue weighted by molar-refractivity contribution is 5.76. The molecule has 14 heavy (non-hydrogen) atoms. The highest BCUT2D eigenvalue weighted by Gasteiger charge is 2.22. The fraction of sp³-hybridized carbons (Fsp3) is 0.900. The van der Waals surface area contributed by atoms with Crippen LogP contribution in [0.4, 0.5) is 0 Å². The lowest BCUT2D eigenvalue weighted by Gasteiger charge is -2.28. The highest BCUT2D eigenvalue weighted by atomic mass is 16.5. The molecule has 4 nitrogen and oxygen atoms in total. The Labute approximate surface area is 85.6 Å². The number of carbonyl (C=O) groups is 1. The van der Waals surface area contributed by atoms with Gasteiger partial charge in [0.25, 0.3) is 0 Å². The molecule has 1 atom stereocenters. The predicted molar refractivity (Wildman–Crippen MR) is 55.0 cm³/mol. The van der Waals surface area contributed by atoms with E-state index in [-0.39, 0.29) is 18.1 Å². The van der Waals surface area contributed by atoms with Crippen LogP contribution >= 0.6 is 0 Å². The lowest BCUT2D eigenvalue weighted by molar-refractivity contribution is -0.123. The van der Waals surface area contributed by atoms with E-state index in [4.69, 9.17) is 9.84 Å². The van der Waals surface area contributed by atoms with Crippen LogP contribution in [0.2, 0.25) is 0 Å². The minimum Gasteiger partial charge on any atom is -0.396 e. The summed E-state index contributed by atoms with van der Waals surface area (Å²) in [4.78, 5) is 11.4. The summed E-state index contributed by atoms with van der Waals surface area (Å²) >= 11 is 0. The van der Waals surface area contributed by atoms with E-state index in [2.05, 4.69) is 5.32 Å². The van der Waals surface area contributed by atoms with Crippen molar-refractivity contribution in [3.05, 3.63) is 0 Å². The Hall–Kier alpha value is -0.610. The molecule has 0 aromatic heterocycles. The zero-order valence-electron chi connectivity index (χ0n) is 9.30. The zero-order valence-corrected chi connectivity index (χ0v) is 9.30. The fourth-order valence-electron chi connectivity index (χ4n) is 1.17. The Morgan fingerprint density at radius 2 is 2.21 bits per heavy atom. The molecule has 0 spiro atoms. The first-order valence-electron chi connectivity index (χ1n) is 4.99. The SMILES string of the molecule is CCC(C)(CCO)NC(=O)CCOC. The summed E-state index contributed by atoms with van der Waals surface area (Å²) in [7, 11) is 1.57. The Bertz CT molecular complexity index is 173. The number of aliphatic hydroxyl groups excluding tert-OH is 1. The quantitative estimate of drug-likeness (QED) is 0.640. The molecule has 0 aromatic rings. The van der Waals surface area contributed by atoms with Crippen LogP contribution in [-0.4, -0.2) is 36.9 Å².